The summed E-state index contributed by atoms with van der Waals surface area (Å²) in [6.45, 7) is 8.18. The highest BCUT2D eigenvalue weighted by atomic mass is 32.1. The van der Waals surface area contributed by atoms with Crippen molar-refractivity contribution in [3.05, 3.63) is 69.7 Å². The van der Waals surface area contributed by atoms with Crippen molar-refractivity contribution in [2.24, 2.45) is 0 Å². The summed E-state index contributed by atoms with van der Waals surface area (Å²) in [5.41, 5.74) is 0.345. The van der Waals surface area contributed by atoms with Crippen LogP contribution in [0.25, 0.3) is 10.6 Å². The van der Waals surface area contributed by atoms with Gasteiger partial charge in [0.2, 0.25) is 0 Å². The average Bonchev–Trinajstić information content (AvgIpc) is 3.16. The second-order valence-corrected chi connectivity index (χ2v) is 9.65. The predicted octanol–water partition coefficient (Wildman–Crippen LogP) is 6.18. The molecular weight excluding hydrogens is 481 g/mol. The summed E-state index contributed by atoms with van der Waals surface area (Å²) < 4.78 is 44.0. The molecule has 0 radical (unpaired) electrons. The van der Waals surface area contributed by atoms with Crippen LogP contribution in [0.2, 0.25) is 0 Å². The number of nitrogens with zero attached hydrogens (tertiary/aromatic N) is 1. The number of rotatable bonds is 7. The number of alkyl halides is 3. The molecule has 0 saturated carbocycles. The van der Waals surface area contributed by atoms with Gasteiger partial charge < -0.3 is 15.2 Å². The SMILES string of the molecule is Cc1cc(C(C)NC(=O)c2sc(-c3ccc(C(F)(F)F)cc3)nc2C)ccc1OC(C)(C)C(=O)O. The maximum atomic E-state index is 12.9. The molecule has 1 unspecified atom stereocenters. The summed E-state index contributed by atoms with van der Waals surface area (Å²) in [6, 6.07) is 9.50. The van der Waals surface area contributed by atoms with Crippen LogP contribution in [0.4, 0.5) is 13.2 Å². The Morgan fingerprint density at radius 3 is 2.26 bits per heavy atom. The fraction of sp³-hybridized carbons (Fsp3) is 0.320. The van der Waals surface area contributed by atoms with Gasteiger partial charge in [-0.15, -0.1) is 11.3 Å². The number of carbonyl (C=O) groups is 2. The topological polar surface area (TPSA) is 88.5 Å². The first kappa shape index (κ1) is 26.2. The fourth-order valence-corrected chi connectivity index (χ4v) is 4.23. The number of aromatic nitrogens is 1. The fourth-order valence-electron chi connectivity index (χ4n) is 3.25. The summed E-state index contributed by atoms with van der Waals surface area (Å²) in [5, 5.41) is 12.6. The van der Waals surface area contributed by atoms with E-state index in [-0.39, 0.29) is 11.9 Å². The number of nitrogens with one attached hydrogen (secondary N) is 1. The van der Waals surface area contributed by atoms with Gasteiger partial charge in [-0.05, 0) is 63.9 Å². The molecule has 0 fully saturated rings. The van der Waals surface area contributed by atoms with Crippen LogP contribution in [0.3, 0.4) is 0 Å². The zero-order valence-electron chi connectivity index (χ0n) is 19.8. The van der Waals surface area contributed by atoms with E-state index in [1.165, 1.54) is 26.0 Å². The molecule has 0 bridgehead atoms. The quantitative estimate of drug-likeness (QED) is 0.400. The van der Waals surface area contributed by atoms with Crippen molar-refractivity contribution < 1.29 is 32.6 Å². The minimum atomic E-state index is -4.42. The molecule has 0 aliphatic heterocycles. The van der Waals surface area contributed by atoms with Gasteiger partial charge in [0.25, 0.3) is 5.91 Å². The molecule has 2 N–H and O–H groups in total. The van der Waals surface area contributed by atoms with E-state index < -0.39 is 23.3 Å². The van der Waals surface area contributed by atoms with E-state index in [0.717, 1.165) is 34.6 Å². The Balaban J connectivity index is 1.74. The lowest BCUT2D eigenvalue weighted by atomic mass is 10.0. The second kappa shape index (κ2) is 9.69. The highest BCUT2D eigenvalue weighted by Crippen LogP contribution is 2.33. The average molecular weight is 507 g/mol. The maximum Gasteiger partial charge on any atom is 0.416 e. The lowest BCUT2D eigenvalue weighted by molar-refractivity contribution is -0.152. The highest BCUT2D eigenvalue weighted by Gasteiger charge is 2.31. The number of halogens is 3. The van der Waals surface area contributed by atoms with E-state index in [9.17, 15) is 27.9 Å². The smallest absolute Gasteiger partial charge is 0.416 e. The van der Waals surface area contributed by atoms with E-state index in [2.05, 4.69) is 10.3 Å². The predicted molar refractivity (Wildman–Crippen MR) is 127 cm³/mol. The first-order chi connectivity index (χ1) is 16.2. The summed E-state index contributed by atoms with van der Waals surface area (Å²) in [7, 11) is 0. The number of aliphatic carboxylic acids is 1. The normalized spacial score (nSPS) is 12.8. The third-order valence-corrected chi connectivity index (χ3v) is 6.59. The van der Waals surface area contributed by atoms with Crippen LogP contribution in [-0.2, 0) is 11.0 Å². The standard InChI is InChI=1S/C25H25F3N2O4S/c1-13-12-17(8-11-19(13)34-24(4,5)23(32)33)14(2)29-21(31)20-15(3)30-22(35-20)16-6-9-18(10-7-16)25(26,27)28/h6-12,14H,1-5H3,(H,29,31)(H,32,33). The number of carboxylic acid groups (broad SMARTS) is 1. The molecule has 6 nitrogen and oxygen atoms in total. The van der Waals surface area contributed by atoms with Gasteiger partial charge in [0.1, 0.15) is 15.6 Å². The van der Waals surface area contributed by atoms with Gasteiger partial charge in [-0.1, -0.05) is 24.3 Å². The number of amides is 1. The number of hydrogen-bond acceptors (Lipinski definition) is 5. The number of thiazole rings is 1. The molecule has 1 atom stereocenters. The molecule has 35 heavy (non-hydrogen) atoms. The number of hydrogen-bond donors (Lipinski definition) is 2. The Bertz CT molecular complexity index is 1250. The van der Waals surface area contributed by atoms with Gasteiger partial charge in [0, 0.05) is 5.56 Å². The van der Waals surface area contributed by atoms with Crippen molar-refractivity contribution in [2.75, 3.05) is 0 Å². The van der Waals surface area contributed by atoms with Crippen molar-refractivity contribution in [1.29, 1.82) is 0 Å². The van der Waals surface area contributed by atoms with Crippen LogP contribution in [-0.4, -0.2) is 27.6 Å². The Kier molecular flexibility index (Phi) is 7.26. The Hall–Kier alpha value is -3.40. The summed E-state index contributed by atoms with van der Waals surface area (Å²) in [6.07, 6.45) is -4.42. The summed E-state index contributed by atoms with van der Waals surface area (Å²) in [4.78, 5) is 29.0. The zero-order valence-corrected chi connectivity index (χ0v) is 20.6. The molecule has 3 aromatic rings. The molecule has 2 aromatic carbocycles. The molecule has 186 valence electrons. The van der Waals surface area contributed by atoms with E-state index in [0.29, 0.717) is 26.9 Å². The van der Waals surface area contributed by atoms with Gasteiger partial charge in [-0.3, -0.25) is 4.79 Å². The zero-order chi connectivity index (χ0) is 26.1. The van der Waals surface area contributed by atoms with Gasteiger partial charge >= 0.3 is 12.1 Å². The number of carboxylic acids is 1. The van der Waals surface area contributed by atoms with Crippen LogP contribution in [0.1, 0.15) is 58.9 Å². The molecule has 0 spiro atoms. The minimum absolute atomic E-state index is 0.351. The Morgan fingerprint density at radius 2 is 1.71 bits per heavy atom. The monoisotopic (exact) mass is 506 g/mol. The molecule has 0 aliphatic rings. The molecule has 1 amide bonds. The van der Waals surface area contributed by atoms with Crippen molar-refractivity contribution in [1.82, 2.24) is 10.3 Å². The van der Waals surface area contributed by atoms with Crippen molar-refractivity contribution in [3.8, 4) is 16.3 Å². The lowest BCUT2D eigenvalue weighted by Gasteiger charge is -2.23. The molecule has 1 aromatic heterocycles. The van der Waals surface area contributed by atoms with Crippen molar-refractivity contribution in [3.63, 3.8) is 0 Å². The number of ether oxygens (including phenoxy) is 1. The Morgan fingerprint density at radius 1 is 1.09 bits per heavy atom. The van der Waals surface area contributed by atoms with Crippen LogP contribution < -0.4 is 10.1 Å². The molecular formula is C25H25F3N2O4S. The first-order valence-electron chi connectivity index (χ1n) is 10.7. The van der Waals surface area contributed by atoms with Crippen LogP contribution in [0.15, 0.2) is 42.5 Å². The minimum Gasteiger partial charge on any atom is -0.478 e. The number of benzene rings is 2. The van der Waals surface area contributed by atoms with Gasteiger partial charge in [-0.25, -0.2) is 9.78 Å². The molecule has 1 heterocycles. The second-order valence-electron chi connectivity index (χ2n) is 8.65. The van der Waals surface area contributed by atoms with Gasteiger partial charge in [-0.2, -0.15) is 13.2 Å². The van der Waals surface area contributed by atoms with Crippen molar-refractivity contribution in [2.45, 2.75) is 52.4 Å². The number of carbonyl (C=O) groups excluding carboxylic acids is 1. The largest absolute Gasteiger partial charge is 0.478 e. The molecule has 0 aliphatic carbocycles. The molecule has 3 rings (SSSR count). The van der Waals surface area contributed by atoms with Crippen molar-refractivity contribution >= 4 is 23.2 Å². The lowest BCUT2D eigenvalue weighted by Crippen LogP contribution is -2.38. The third kappa shape index (κ3) is 6.00. The van der Waals surface area contributed by atoms with Crippen LogP contribution in [0.5, 0.6) is 5.75 Å². The van der Waals surface area contributed by atoms with E-state index in [1.54, 1.807) is 26.0 Å². The number of aryl methyl sites for hydroxylation is 2. The first-order valence-corrected chi connectivity index (χ1v) is 11.5. The van der Waals surface area contributed by atoms with Crippen LogP contribution >= 0.6 is 11.3 Å². The maximum absolute atomic E-state index is 12.9. The van der Waals surface area contributed by atoms with Gasteiger partial charge in [0.05, 0.1) is 17.3 Å². The third-order valence-electron chi connectivity index (χ3n) is 5.39. The summed E-state index contributed by atoms with van der Waals surface area (Å²) >= 11 is 1.11. The van der Waals surface area contributed by atoms with E-state index in [1.807, 2.05) is 13.0 Å². The van der Waals surface area contributed by atoms with Crippen LogP contribution in [0, 0.1) is 13.8 Å². The summed E-state index contributed by atoms with van der Waals surface area (Å²) in [5.74, 6) is -1.01. The van der Waals surface area contributed by atoms with Gasteiger partial charge in [0.15, 0.2) is 5.60 Å². The Labute approximate surface area is 204 Å². The highest BCUT2D eigenvalue weighted by molar-refractivity contribution is 7.17. The van der Waals surface area contributed by atoms with E-state index >= 15 is 0 Å². The van der Waals surface area contributed by atoms with E-state index in [4.69, 9.17) is 4.74 Å². The molecule has 0 saturated heterocycles. The molecule has 10 heteroatoms.